The topological polar surface area (TPSA) is 116 Å². The minimum atomic E-state index is -4.54. The first kappa shape index (κ1) is 11.1. The molecule has 0 aliphatic carbocycles. The number of phosphoric acid groups is 1. The van der Waals surface area contributed by atoms with Crippen LogP contribution in [0.1, 0.15) is 6.42 Å². The smallest absolute Gasteiger partial charge is 0.390 e. The Labute approximate surface area is 74.1 Å². The molecule has 7 nitrogen and oxygen atoms in total. The first-order valence-electron chi connectivity index (χ1n) is 3.60. The van der Waals surface area contributed by atoms with Crippen molar-refractivity contribution in [2.24, 2.45) is 0 Å². The van der Waals surface area contributed by atoms with Gasteiger partial charge in [-0.1, -0.05) is 0 Å². The second kappa shape index (κ2) is 4.02. The van der Waals surface area contributed by atoms with Gasteiger partial charge in [0.05, 0.1) is 12.7 Å². The van der Waals surface area contributed by atoms with E-state index in [1.54, 1.807) is 0 Å². The molecule has 1 aliphatic rings. The van der Waals surface area contributed by atoms with Crippen LogP contribution in [-0.2, 0) is 13.8 Å². The lowest BCUT2D eigenvalue weighted by Gasteiger charge is -2.13. The Morgan fingerprint density at radius 2 is 2.08 bits per heavy atom. The SMILES string of the molecule is O=P(O)(O)O[13CH2][C@H]1OC(O)[13CH2][C@@H]1O. The largest absolute Gasteiger partial charge is 0.469 e. The van der Waals surface area contributed by atoms with Crippen LogP contribution in [0.25, 0.3) is 0 Å². The fourth-order valence-electron chi connectivity index (χ4n) is 1.03. The van der Waals surface area contributed by atoms with E-state index in [0.29, 0.717) is 0 Å². The third-order valence-corrected chi connectivity index (χ3v) is 2.10. The number of rotatable bonds is 3. The van der Waals surface area contributed by atoms with Gasteiger partial charge < -0.3 is 24.7 Å². The first-order chi connectivity index (χ1) is 5.88. The number of hydrogen-bond donors (Lipinski definition) is 4. The summed E-state index contributed by atoms with van der Waals surface area (Å²) in [6.45, 7) is -0.442. The van der Waals surface area contributed by atoms with Gasteiger partial charge in [0.15, 0.2) is 6.29 Å². The number of aliphatic hydroxyl groups is 2. The molecule has 0 aromatic carbocycles. The Kier molecular flexibility index (Phi) is 3.42. The Morgan fingerprint density at radius 3 is 2.46 bits per heavy atom. The normalized spacial score (nSPS) is 35.2. The monoisotopic (exact) mass is 216 g/mol. The van der Waals surface area contributed by atoms with Crippen molar-refractivity contribution in [2.45, 2.75) is 24.9 Å². The van der Waals surface area contributed by atoms with E-state index in [2.05, 4.69) is 4.52 Å². The molecule has 1 fully saturated rings. The van der Waals surface area contributed by atoms with Crippen LogP contribution >= 0.6 is 7.82 Å². The van der Waals surface area contributed by atoms with Crippen molar-refractivity contribution in [1.82, 2.24) is 0 Å². The van der Waals surface area contributed by atoms with Gasteiger partial charge in [-0.2, -0.15) is 0 Å². The minimum absolute atomic E-state index is 0.0230. The average molecular weight is 216 g/mol. The summed E-state index contributed by atoms with van der Waals surface area (Å²) in [4.78, 5) is 16.6. The van der Waals surface area contributed by atoms with Gasteiger partial charge in [-0.15, -0.1) is 0 Å². The second-order valence-electron chi connectivity index (χ2n) is 2.72. The van der Waals surface area contributed by atoms with Crippen LogP contribution in [0.3, 0.4) is 0 Å². The van der Waals surface area contributed by atoms with Crippen LogP contribution < -0.4 is 0 Å². The van der Waals surface area contributed by atoms with Crippen LogP contribution in [0.2, 0.25) is 0 Å². The molecule has 3 atom stereocenters. The van der Waals surface area contributed by atoms with Gasteiger partial charge in [-0.05, 0) is 0 Å². The molecular formula is C5H11O7P. The highest BCUT2D eigenvalue weighted by atomic mass is 31.2. The maximum absolute atomic E-state index is 10.2. The summed E-state index contributed by atoms with van der Waals surface area (Å²) >= 11 is 0. The Hall–Kier alpha value is -0.0100. The lowest BCUT2D eigenvalue weighted by Crippen LogP contribution is -2.25. The summed E-state index contributed by atoms with van der Waals surface area (Å²) < 4.78 is 19.1. The zero-order valence-corrected chi connectivity index (χ0v) is 7.50. The Morgan fingerprint density at radius 1 is 1.46 bits per heavy atom. The molecule has 1 aliphatic heterocycles. The van der Waals surface area contributed by atoms with Crippen molar-refractivity contribution < 1.29 is 33.8 Å². The van der Waals surface area contributed by atoms with E-state index in [9.17, 15) is 4.57 Å². The van der Waals surface area contributed by atoms with Crippen LogP contribution in [0, 0.1) is 0 Å². The molecule has 0 bridgehead atoms. The molecule has 0 saturated carbocycles. The van der Waals surface area contributed by atoms with Crippen molar-refractivity contribution in [2.75, 3.05) is 6.61 Å². The molecule has 0 aromatic rings. The standard InChI is InChI=1S/C5H11O7P/c6-3-1-5(7)12-4(3)2-11-13(8,9)10/h3-7H,1-2H2,(H2,8,9,10)/t3-,4+,5?/m0/s1/i1+1,2+1. The van der Waals surface area contributed by atoms with Gasteiger partial charge >= 0.3 is 7.82 Å². The minimum Gasteiger partial charge on any atom is -0.390 e. The Balaban J connectivity index is 2.34. The quantitative estimate of drug-likeness (QED) is 0.337. The summed E-state index contributed by atoms with van der Waals surface area (Å²) in [6.07, 6.45) is -2.92. The predicted octanol–water partition coefficient (Wildman–Crippen LogP) is -1.44. The maximum atomic E-state index is 10.2. The van der Waals surface area contributed by atoms with E-state index in [1.807, 2.05) is 0 Å². The van der Waals surface area contributed by atoms with Crippen LogP contribution in [0.5, 0.6) is 0 Å². The lowest BCUT2D eigenvalue weighted by atomic mass is 10.4. The molecule has 0 spiro atoms. The van der Waals surface area contributed by atoms with Gasteiger partial charge in [0.2, 0.25) is 0 Å². The summed E-state index contributed by atoms with van der Waals surface area (Å²) in [5.74, 6) is 0. The summed E-state index contributed by atoms with van der Waals surface area (Å²) in [6, 6.07) is 0. The molecule has 1 rings (SSSR count). The van der Waals surface area contributed by atoms with Crippen molar-refractivity contribution in [1.29, 1.82) is 0 Å². The molecule has 1 heterocycles. The molecule has 0 aromatic heterocycles. The number of ether oxygens (including phenoxy) is 1. The van der Waals surface area contributed by atoms with Gasteiger partial charge in [0.25, 0.3) is 0 Å². The van der Waals surface area contributed by atoms with E-state index in [1.165, 1.54) is 0 Å². The van der Waals surface area contributed by atoms with Gasteiger partial charge in [-0.3, -0.25) is 4.52 Å². The van der Waals surface area contributed by atoms with E-state index in [4.69, 9.17) is 24.7 Å². The van der Waals surface area contributed by atoms with Crippen molar-refractivity contribution >= 4 is 7.82 Å². The second-order valence-corrected chi connectivity index (χ2v) is 3.96. The maximum Gasteiger partial charge on any atom is 0.469 e. The molecule has 0 radical (unpaired) electrons. The molecular weight excluding hydrogens is 205 g/mol. The van der Waals surface area contributed by atoms with E-state index in [0.717, 1.165) is 0 Å². The summed E-state index contributed by atoms with van der Waals surface area (Å²) in [5, 5.41) is 18.0. The van der Waals surface area contributed by atoms with Gasteiger partial charge in [0, 0.05) is 6.42 Å². The molecule has 0 amide bonds. The molecule has 1 saturated heterocycles. The number of phosphoric ester groups is 1. The number of hydrogen-bond acceptors (Lipinski definition) is 5. The highest BCUT2D eigenvalue weighted by molar-refractivity contribution is 7.46. The van der Waals surface area contributed by atoms with Crippen molar-refractivity contribution in [3.05, 3.63) is 0 Å². The molecule has 1 unspecified atom stereocenters. The van der Waals surface area contributed by atoms with Crippen LogP contribution in [0.4, 0.5) is 0 Å². The fourth-order valence-corrected chi connectivity index (χ4v) is 1.37. The highest BCUT2D eigenvalue weighted by Gasteiger charge is 2.34. The fraction of sp³-hybridized carbons (Fsp3) is 1.00. The average Bonchev–Trinajstić information content (AvgIpc) is 2.24. The number of aliphatic hydroxyl groups excluding tert-OH is 2. The lowest BCUT2D eigenvalue weighted by molar-refractivity contribution is -0.106. The van der Waals surface area contributed by atoms with E-state index < -0.39 is 32.9 Å². The van der Waals surface area contributed by atoms with E-state index >= 15 is 0 Å². The van der Waals surface area contributed by atoms with E-state index in [-0.39, 0.29) is 6.42 Å². The first-order valence-corrected chi connectivity index (χ1v) is 5.13. The van der Waals surface area contributed by atoms with Crippen molar-refractivity contribution in [3.63, 3.8) is 0 Å². The van der Waals surface area contributed by atoms with Gasteiger partial charge in [0.1, 0.15) is 6.10 Å². The molecule has 13 heavy (non-hydrogen) atoms. The third-order valence-electron chi connectivity index (χ3n) is 1.61. The van der Waals surface area contributed by atoms with Crippen LogP contribution in [-0.4, -0.2) is 45.1 Å². The summed E-state index contributed by atoms with van der Waals surface area (Å²) in [5.41, 5.74) is 0. The molecule has 8 heteroatoms. The molecule has 4 N–H and O–H groups in total. The zero-order chi connectivity index (χ0) is 10.1. The van der Waals surface area contributed by atoms with Gasteiger partial charge in [-0.25, -0.2) is 4.57 Å². The predicted molar refractivity (Wildman–Crippen MR) is 39.5 cm³/mol. The zero-order valence-electron chi connectivity index (χ0n) is 6.61. The van der Waals surface area contributed by atoms with Crippen molar-refractivity contribution in [3.8, 4) is 0 Å². The van der Waals surface area contributed by atoms with Crippen LogP contribution in [0.15, 0.2) is 0 Å². The highest BCUT2D eigenvalue weighted by Crippen LogP contribution is 2.36. The third kappa shape index (κ3) is 3.70. The molecule has 78 valence electrons. The Bertz CT molecular complexity index is 213. The summed E-state index contributed by atoms with van der Waals surface area (Å²) in [7, 11) is -4.54.